The molecule has 2 fully saturated rings. The molecule has 2 N–H and O–H groups in total. The fraction of sp³-hybridized carbons (Fsp3) is 0.833. The van der Waals surface area contributed by atoms with Gasteiger partial charge in [0.1, 0.15) is 13.2 Å². The van der Waals surface area contributed by atoms with E-state index >= 15 is 0 Å². The number of rotatable bonds is 4. The molecule has 0 aromatic carbocycles. The number of carbonyl (C=O) groups is 1. The number of carbonyl (C=O) groups excluding carboxylic acids is 1. The van der Waals surface area contributed by atoms with Gasteiger partial charge in [-0.05, 0) is 25.9 Å². The quantitative estimate of drug-likeness (QED) is 0.663. The molecule has 0 saturated carbocycles. The molecule has 0 radical (unpaired) electrons. The average molecular weight is 253 g/mol. The van der Waals surface area contributed by atoms with Gasteiger partial charge in [0.25, 0.3) is 0 Å². The van der Waals surface area contributed by atoms with Gasteiger partial charge >= 0.3 is 0 Å². The molecule has 6 heteroatoms. The monoisotopic (exact) mass is 253 g/mol. The molecule has 0 bridgehead atoms. The Morgan fingerprint density at radius 2 is 2.33 bits per heavy atom. The minimum absolute atomic E-state index is 0.00376. The van der Waals surface area contributed by atoms with E-state index in [2.05, 4.69) is 10.6 Å². The summed E-state index contributed by atoms with van der Waals surface area (Å²) in [4.78, 5) is 11.3. The Morgan fingerprint density at radius 3 is 3.06 bits per heavy atom. The zero-order valence-electron chi connectivity index (χ0n) is 10.4. The smallest absolute Gasteiger partial charge is 0.246 e. The van der Waals surface area contributed by atoms with Crippen LogP contribution in [-0.4, -0.2) is 50.5 Å². The summed E-state index contributed by atoms with van der Waals surface area (Å²) in [5.41, 5.74) is -0.0426. The third kappa shape index (κ3) is 3.42. The van der Waals surface area contributed by atoms with E-state index in [1.54, 1.807) is 0 Å². The van der Waals surface area contributed by atoms with E-state index in [0.717, 1.165) is 32.4 Å². The Labute approximate surface area is 107 Å². The number of nitrogens with zero attached hydrogens (tertiary/aromatic N) is 1. The van der Waals surface area contributed by atoms with E-state index in [-0.39, 0.29) is 30.8 Å². The predicted octanol–water partition coefficient (Wildman–Crippen LogP) is -0.446. The molecular weight excluding hydrogens is 234 g/mol. The second kappa shape index (κ2) is 6.14. The lowest BCUT2D eigenvalue weighted by Gasteiger charge is -2.32. The first-order valence-electron chi connectivity index (χ1n) is 6.34. The topological polar surface area (TPSA) is 83.4 Å². The summed E-state index contributed by atoms with van der Waals surface area (Å²) in [6.07, 6.45) is 2.87. The van der Waals surface area contributed by atoms with Gasteiger partial charge in [0.15, 0.2) is 0 Å². The lowest BCUT2D eigenvalue weighted by molar-refractivity contribution is -0.127. The van der Waals surface area contributed by atoms with Gasteiger partial charge in [-0.1, -0.05) is 0 Å². The van der Waals surface area contributed by atoms with Crippen LogP contribution in [0.15, 0.2) is 0 Å². The first-order valence-corrected chi connectivity index (χ1v) is 6.34. The Morgan fingerprint density at radius 1 is 1.56 bits per heavy atom. The van der Waals surface area contributed by atoms with Crippen molar-refractivity contribution in [3.63, 3.8) is 0 Å². The molecule has 6 nitrogen and oxygen atoms in total. The maximum atomic E-state index is 11.3. The average Bonchev–Trinajstić information content (AvgIpc) is 2.78. The third-order valence-corrected chi connectivity index (χ3v) is 3.50. The van der Waals surface area contributed by atoms with E-state index in [9.17, 15) is 4.79 Å². The molecule has 2 heterocycles. The minimum Gasteiger partial charge on any atom is -0.372 e. The fourth-order valence-electron chi connectivity index (χ4n) is 2.52. The number of hydrogen-bond donors (Lipinski definition) is 2. The number of hydrogen-bond acceptors (Lipinski definition) is 5. The summed E-state index contributed by atoms with van der Waals surface area (Å²) in [6.45, 7) is 2.55. The molecule has 0 aromatic rings. The normalized spacial score (nSPS) is 25.8. The highest BCUT2D eigenvalue weighted by molar-refractivity contribution is 5.77. The molecule has 2 rings (SSSR count). The fourth-order valence-corrected chi connectivity index (χ4v) is 2.52. The molecule has 2 aliphatic heterocycles. The molecule has 18 heavy (non-hydrogen) atoms. The van der Waals surface area contributed by atoms with Crippen LogP contribution >= 0.6 is 0 Å². The SMILES string of the molecule is N#CCNC(=O)COC1COC2(CCNCC2)C1. The van der Waals surface area contributed by atoms with Crippen LogP contribution in [0, 0.1) is 11.3 Å². The Balaban J connectivity index is 1.69. The molecule has 0 aliphatic carbocycles. The van der Waals surface area contributed by atoms with Crippen molar-refractivity contribution in [2.45, 2.75) is 31.0 Å². The molecular formula is C12H19N3O3. The largest absolute Gasteiger partial charge is 0.372 e. The number of nitriles is 1. The van der Waals surface area contributed by atoms with E-state index in [4.69, 9.17) is 14.7 Å². The zero-order valence-corrected chi connectivity index (χ0v) is 10.4. The maximum absolute atomic E-state index is 11.3. The number of ether oxygens (including phenoxy) is 2. The van der Waals surface area contributed by atoms with Gasteiger partial charge in [0.05, 0.1) is 24.4 Å². The van der Waals surface area contributed by atoms with Crippen LogP contribution in [0.2, 0.25) is 0 Å². The van der Waals surface area contributed by atoms with Crippen LogP contribution in [0.4, 0.5) is 0 Å². The molecule has 100 valence electrons. The van der Waals surface area contributed by atoms with Crippen molar-refractivity contribution >= 4 is 5.91 Å². The standard InChI is InChI=1S/C12H19N3O3/c13-3-6-15-11(16)9-17-10-7-12(18-8-10)1-4-14-5-2-12/h10,14H,1-2,4-9H2,(H,15,16). The lowest BCUT2D eigenvalue weighted by Crippen LogP contribution is -2.41. The van der Waals surface area contributed by atoms with Crippen LogP contribution in [-0.2, 0) is 14.3 Å². The highest BCUT2D eigenvalue weighted by atomic mass is 16.6. The van der Waals surface area contributed by atoms with Crippen molar-refractivity contribution in [1.29, 1.82) is 5.26 Å². The van der Waals surface area contributed by atoms with Gasteiger partial charge in [-0.25, -0.2) is 0 Å². The van der Waals surface area contributed by atoms with Crippen LogP contribution in [0.1, 0.15) is 19.3 Å². The van der Waals surface area contributed by atoms with Crippen LogP contribution in [0.3, 0.4) is 0 Å². The lowest BCUT2D eigenvalue weighted by atomic mass is 9.89. The summed E-state index contributed by atoms with van der Waals surface area (Å²) in [6, 6.07) is 1.85. The van der Waals surface area contributed by atoms with Crippen molar-refractivity contribution in [3.8, 4) is 6.07 Å². The summed E-state index contributed by atoms with van der Waals surface area (Å²) in [5, 5.41) is 14.1. The van der Waals surface area contributed by atoms with Crippen LogP contribution < -0.4 is 10.6 Å². The molecule has 2 saturated heterocycles. The van der Waals surface area contributed by atoms with Crippen LogP contribution in [0.5, 0.6) is 0 Å². The maximum Gasteiger partial charge on any atom is 0.246 e. The van der Waals surface area contributed by atoms with E-state index in [1.807, 2.05) is 6.07 Å². The number of nitrogens with one attached hydrogen (secondary N) is 2. The van der Waals surface area contributed by atoms with Gasteiger partial charge in [-0.15, -0.1) is 0 Å². The Kier molecular flexibility index (Phi) is 4.53. The van der Waals surface area contributed by atoms with E-state index < -0.39 is 0 Å². The highest BCUT2D eigenvalue weighted by Crippen LogP contribution is 2.34. The van der Waals surface area contributed by atoms with Crippen molar-refractivity contribution in [1.82, 2.24) is 10.6 Å². The molecule has 1 atom stereocenters. The summed E-state index contributed by atoms with van der Waals surface area (Å²) in [7, 11) is 0. The number of amides is 1. The summed E-state index contributed by atoms with van der Waals surface area (Å²) in [5.74, 6) is -0.247. The van der Waals surface area contributed by atoms with Crippen molar-refractivity contribution in [3.05, 3.63) is 0 Å². The van der Waals surface area contributed by atoms with Gasteiger partial charge in [-0.2, -0.15) is 5.26 Å². The second-order valence-corrected chi connectivity index (χ2v) is 4.82. The van der Waals surface area contributed by atoms with Crippen molar-refractivity contribution in [2.75, 3.05) is 32.8 Å². The first-order chi connectivity index (χ1) is 8.74. The van der Waals surface area contributed by atoms with Crippen LogP contribution in [0.25, 0.3) is 0 Å². The van der Waals surface area contributed by atoms with Gasteiger partial charge < -0.3 is 20.1 Å². The van der Waals surface area contributed by atoms with E-state index in [1.165, 1.54) is 0 Å². The first kappa shape index (κ1) is 13.3. The van der Waals surface area contributed by atoms with E-state index in [0.29, 0.717) is 6.61 Å². The second-order valence-electron chi connectivity index (χ2n) is 4.82. The highest BCUT2D eigenvalue weighted by Gasteiger charge is 2.41. The summed E-state index contributed by atoms with van der Waals surface area (Å²) < 4.78 is 11.4. The molecule has 1 spiro atoms. The Hall–Kier alpha value is -1.16. The molecule has 2 aliphatic rings. The predicted molar refractivity (Wildman–Crippen MR) is 63.8 cm³/mol. The Bertz CT molecular complexity index is 334. The van der Waals surface area contributed by atoms with Gasteiger partial charge in [0, 0.05) is 6.42 Å². The van der Waals surface area contributed by atoms with Gasteiger partial charge in [-0.3, -0.25) is 4.79 Å². The third-order valence-electron chi connectivity index (χ3n) is 3.50. The zero-order chi connectivity index (χ0) is 12.8. The summed E-state index contributed by atoms with van der Waals surface area (Å²) >= 11 is 0. The molecule has 1 amide bonds. The minimum atomic E-state index is -0.247. The van der Waals surface area contributed by atoms with Crippen molar-refractivity contribution < 1.29 is 14.3 Å². The number of piperidine rings is 1. The molecule has 0 aromatic heterocycles. The molecule has 1 unspecified atom stereocenters. The van der Waals surface area contributed by atoms with Gasteiger partial charge in [0.2, 0.25) is 5.91 Å². The van der Waals surface area contributed by atoms with Crippen molar-refractivity contribution in [2.24, 2.45) is 0 Å².